The van der Waals surface area contributed by atoms with Crippen LogP contribution in [0.3, 0.4) is 0 Å². The van der Waals surface area contributed by atoms with E-state index >= 15 is 0 Å². The Labute approximate surface area is 181 Å². The van der Waals surface area contributed by atoms with E-state index in [-0.39, 0.29) is 12.1 Å². The minimum Gasteiger partial charge on any atom is -0.459 e. The topological polar surface area (TPSA) is 26.3 Å². The zero-order valence-corrected chi connectivity index (χ0v) is 19.3. The van der Waals surface area contributed by atoms with Crippen molar-refractivity contribution in [1.29, 1.82) is 0 Å². The smallest absolute Gasteiger partial charge is 0.330 e. The van der Waals surface area contributed by atoms with Crippen molar-refractivity contribution in [2.75, 3.05) is 0 Å². The monoisotopic (exact) mass is 404 g/mol. The van der Waals surface area contributed by atoms with Crippen LogP contribution in [0, 0.1) is 17.8 Å². The van der Waals surface area contributed by atoms with Crippen LogP contribution in [0.15, 0.2) is 12.7 Å². The summed E-state index contributed by atoms with van der Waals surface area (Å²) in [6.07, 6.45) is 27.8. The quantitative estimate of drug-likeness (QED) is 0.165. The Morgan fingerprint density at radius 3 is 1.76 bits per heavy atom. The zero-order chi connectivity index (χ0) is 20.7. The van der Waals surface area contributed by atoms with Gasteiger partial charge in [-0.15, -0.1) is 0 Å². The van der Waals surface area contributed by atoms with Crippen molar-refractivity contribution in [3.05, 3.63) is 12.7 Å². The van der Waals surface area contributed by atoms with Crippen LogP contribution in [-0.4, -0.2) is 12.1 Å². The van der Waals surface area contributed by atoms with E-state index in [1.165, 1.54) is 115 Å². The highest BCUT2D eigenvalue weighted by Gasteiger charge is 2.31. The molecule has 168 valence electrons. The van der Waals surface area contributed by atoms with E-state index < -0.39 is 0 Å². The molecular formula is C27H48O2. The van der Waals surface area contributed by atoms with Gasteiger partial charge in [-0.25, -0.2) is 4.79 Å². The Morgan fingerprint density at radius 1 is 0.759 bits per heavy atom. The first-order valence-corrected chi connectivity index (χ1v) is 13.1. The standard InChI is InChI=1S/C27H48O2/c1-3-5-6-7-8-9-10-11-12-13-14-23-15-17-24(18-16-23)25-19-21-26(22-20-25)29-27(28)4-2/h4,23-26H,2-3,5-22H2,1H3. The number of ether oxygens (including phenoxy) is 1. The SMILES string of the molecule is C=CC(=O)OC1CCC(C2CCC(CCCCCCCCCCCC)CC2)CC1. The van der Waals surface area contributed by atoms with E-state index in [9.17, 15) is 4.79 Å². The van der Waals surface area contributed by atoms with Crippen molar-refractivity contribution in [2.24, 2.45) is 17.8 Å². The van der Waals surface area contributed by atoms with Gasteiger partial charge in [0.05, 0.1) is 0 Å². The third-order valence-electron chi connectivity index (χ3n) is 7.69. The van der Waals surface area contributed by atoms with Gasteiger partial charge in [0.1, 0.15) is 6.10 Å². The normalized spacial score (nSPS) is 27.5. The number of rotatable bonds is 14. The Hall–Kier alpha value is -0.790. The summed E-state index contributed by atoms with van der Waals surface area (Å²) in [7, 11) is 0. The molecule has 2 heteroatoms. The van der Waals surface area contributed by atoms with Gasteiger partial charge in [0.15, 0.2) is 0 Å². The minimum atomic E-state index is -0.249. The Bertz CT molecular complexity index is 428. The minimum absolute atomic E-state index is 0.143. The van der Waals surface area contributed by atoms with Crippen LogP contribution in [0.25, 0.3) is 0 Å². The number of esters is 1. The third-order valence-corrected chi connectivity index (χ3v) is 7.69. The highest BCUT2D eigenvalue weighted by atomic mass is 16.5. The van der Waals surface area contributed by atoms with Crippen LogP contribution in [0.2, 0.25) is 0 Å². The highest BCUT2D eigenvalue weighted by Crippen LogP contribution is 2.41. The fraction of sp³-hybridized carbons (Fsp3) is 0.889. The van der Waals surface area contributed by atoms with E-state index in [2.05, 4.69) is 13.5 Å². The molecule has 0 bridgehead atoms. The maximum atomic E-state index is 11.4. The molecule has 2 nitrogen and oxygen atoms in total. The molecule has 0 spiro atoms. The van der Waals surface area contributed by atoms with E-state index in [1.54, 1.807) is 0 Å². The first-order valence-electron chi connectivity index (χ1n) is 13.1. The number of carbonyl (C=O) groups is 1. The summed E-state index contributed by atoms with van der Waals surface area (Å²) in [6, 6.07) is 0. The Morgan fingerprint density at radius 2 is 1.24 bits per heavy atom. The zero-order valence-electron chi connectivity index (χ0n) is 19.3. The Kier molecular flexibility index (Phi) is 12.7. The second-order valence-electron chi connectivity index (χ2n) is 9.93. The predicted octanol–water partition coefficient (Wildman–Crippen LogP) is 8.39. The second-order valence-corrected chi connectivity index (χ2v) is 9.93. The molecule has 0 radical (unpaired) electrons. The average molecular weight is 405 g/mol. The summed E-state index contributed by atoms with van der Waals surface area (Å²) in [5.41, 5.74) is 0. The first kappa shape index (κ1) is 24.5. The number of hydrogen-bond acceptors (Lipinski definition) is 2. The van der Waals surface area contributed by atoms with Gasteiger partial charge in [-0.2, -0.15) is 0 Å². The van der Waals surface area contributed by atoms with Crippen molar-refractivity contribution in [3.8, 4) is 0 Å². The van der Waals surface area contributed by atoms with Gasteiger partial charge in [-0.1, -0.05) is 97.0 Å². The third kappa shape index (κ3) is 10.2. The molecule has 0 aromatic carbocycles. The molecule has 0 atom stereocenters. The van der Waals surface area contributed by atoms with E-state index in [4.69, 9.17) is 4.74 Å². The van der Waals surface area contributed by atoms with E-state index in [1.807, 2.05) is 0 Å². The maximum Gasteiger partial charge on any atom is 0.330 e. The molecule has 2 fully saturated rings. The predicted molar refractivity (Wildman–Crippen MR) is 124 cm³/mol. The molecule has 2 aliphatic carbocycles. The number of hydrogen-bond donors (Lipinski definition) is 0. The molecule has 0 aromatic rings. The molecule has 0 N–H and O–H groups in total. The van der Waals surface area contributed by atoms with Gasteiger partial charge in [0.25, 0.3) is 0 Å². The lowest BCUT2D eigenvalue weighted by atomic mass is 9.70. The fourth-order valence-corrected chi connectivity index (χ4v) is 5.76. The maximum absolute atomic E-state index is 11.4. The molecule has 0 unspecified atom stereocenters. The van der Waals surface area contributed by atoms with Gasteiger partial charge in [-0.05, 0) is 56.3 Å². The summed E-state index contributed by atoms with van der Waals surface area (Å²) in [6.45, 7) is 5.79. The van der Waals surface area contributed by atoms with Gasteiger partial charge < -0.3 is 4.74 Å². The molecular weight excluding hydrogens is 356 g/mol. The lowest BCUT2D eigenvalue weighted by Crippen LogP contribution is -2.29. The largest absolute Gasteiger partial charge is 0.459 e. The van der Waals surface area contributed by atoms with Crippen molar-refractivity contribution in [1.82, 2.24) is 0 Å². The summed E-state index contributed by atoms with van der Waals surface area (Å²) in [4.78, 5) is 11.4. The molecule has 2 rings (SSSR count). The van der Waals surface area contributed by atoms with E-state index in [0.717, 1.165) is 30.6 Å². The molecule has 2 aliphatic rings. The summed E-state index contributed by atoms with van der Waals surface area (Å²) >= 11 is 0. The van der Waals surface area contributed by atoms with Crippen LogP contribution in [0.5, 0.6) is 0 Å². The number of carbonyl (C=O) groups excluding carboxylic acids is 1. The first-order chi connectivity index (χ1) is 14.2. The van der Waals surface area contributed by atoms with Crippen LogP contribution in [-0.2, 0) is 9.53 Å². The molecule has 0 amide bonds. The summed E-state index contributed by atoms with van der Waals surface area (Å²) in [5.74, 6) is 2.58. The van der Waals surface area contributed by atoms with Gasteiger partial charge in [-0.3, -0.25) is 0 Å². The average Bonchev–Trinajstić information content (AvgIpc) is 2.76. The highest BCUT2D eigenvalue weighted by molar-refractivity contribution is 5.81. The fourth-order valence-electron chi connectivity index (χ4n) is 5.76. The summed E-state index contributed by atoms with van der Waals surface area (Å²) in [5, 5.41) is 0. The lowest BCUT2D eigenvalue weighted by molar-refractivity contribution is -0.145. The molecule has 0 saturated heterocycles. The van der Waals surface area contributed by atoms with Crippen LogP contribution in [0.1, 0.15) is 129 Å². The molecule has 2 saturated carbocycles. The van der Waals surface area contributed by atoms with Crippen LogP contribution >= 0.6 is 0 Å². The summed E-state index contributed by atoms with van der Waals surface area (Å²) < 4.78 is 5.44. The van der Waals surface area contributed by atoms with Gasteiger partial charge in [0, 0.05) is 6.08 Å². The van der Waals surface area contributed by atoms with Crippen molar-refractivity contribution in [3.63, 3.8) is 0 Å². The van der Waals surface area contributed by atoms with Gasteiger partial charge >= 0.3 is 5.97 Å². The van der Waals surface area contributed by atoms with Crippen LogP contribution < -0.4 is 0 Å². The molecule has 0 heterocycles. The Balaban J connectivity index is 1.44. The van der Waals surface area contributed by atoms with E-state index in [0.29, 0.717) is 0 Å². The van der Waals surface area contributed by atoms with Crippen molar-refractivity contribution >= 4 is 5.97 Å². The molecule has 29 heavy (non-hydrogen) atoms. The van der Waals surface area contributed by atoms with Crippen LogP contribution in [0.4, 0.5) is 0 Å². The molecule has 0 aliphatic heterocycles. The number of unbranched alkanes of at least 4 members (excludes halogenated alkanes) is 9. The van der Waals surface area contributed by atoms with Gasteiger partial charge in [0.2, 0.25) is 0 Å². The molecule has 0 aromatic heterocycles. The lowest BCUT2D eigenvalue weighted by Gasteiger charge is -2.37. The second kappa shape index (κ2) is 15.1. The van der Waals surface area contributed by atoms with Crippen molar-refractivity contribution < 1.29 is 9.53 Å². The van der Waals surface area contributed by atoms with Crippen molar-refractivity contribution in [2.45, 2.75) is 135 Å².